The van der Waals surface area contributed by atoms with Crippen LogP contribution in [0.15, 0.2) is 12.4 Å². The second-order valence-electron chi connectivity index (χ2n) is 3.19. The first-order valence-corrected chi connectivity index (χ1v) is 5.03. The molecule has 1 aromatic rings. The molecule has 0 aliphatic rings. The van der Waals surface area contributed by atoms with Crippen molar-refractivity contribution < 1.29 is 0 Å². The molecule has 13 heavy (non-hydrogen) atoms. The highest BCUT2D eigenvalue weighted by atomic mass is 15.0. The van der Waals surface area contributed by atoms with Gasteiger partial charge in [-0.1, -0.05) is 0 Å². The van der Waals surface area contributed by atoms with Gasteiger partial charge in [-0.05, 0) is 33.4 Å². The van der Waals surface area contributed by atoms with Gasteiger partial charge >= 0.3 is 0 Å². The lowest BCUT2D eigenvalue weighted by Gasteiger charge is -2.03. The molecule has 0 saturated heterocycles. The summed E-state index contributed by atoms with van der Waals surface area (Å²) in [6.45, 7) is 4.28. The van der Waals surface area contributed by atoms with Crippen LogP contribution in [0.1, 0.15) is 25.6 Å². The first-order valence-electron chi connectivity index (χ1n) is 5.03. The lowest BCUT2D eigenvalue weighted by atomic mass is 10.2. The number of imidazole rings is 1. The minimum absolute atomic E-state index is 1.03. The zero-order chi connectivity index (χ0) is 9.52. The zero-order valence-electron chi connectivity index (χ0n) is 8.58. The predicted molar refractivity (Wildman–Crippen MR) is 54.8 cm³/mol. The Kier molecular flexibility index (Phi) is 4.54. The van der Waals surface area contributed by atoms with Gasteiger partial charge in [0.1, 0.15) is 5.82 Å². The van der Waals surface area contributed by atoms with Gasteiger partial charge in [0, 0.05) is 25.4 Å². The van der Waals surface area contributed by atoms with Gasteiger partial charge in [0.15, 0.2) is 0 Å². The molecular formula is C10H19N3. The summed E-state index contributed by atoms with van der Waals surface area (Å²) in [6, 6.07) is 0. The number of unbranched alkanes of at least 4 members (excludes halogenated alkanes) is 1. The number of aryl methyl sites for hydroxylation is 2. The van der Waals surface area contributed by atoms with Crippen molar-refractivity contribution in [2.24, 2.45) is 0 Å². The van der Waals surface area contributed by atoms with Gasteiger partial charge in [-0.25, -0.2) is 4.98 Å². The second-order valence-corrected chi connectivity index (χ2v) is 3.19. The number of hydrogen-bond donors (Lipinski definition) is 1. The van der Waals surface area contributed by atoms with E-state index in [0.717, 1.165) is 19.5 Å². The highest BCUT2D eigenvalue weighted by molar-refractivity contribution is 4.91. The SMILES string of the molecule is CCn1ccnc1CCCCNC. The van der Waals surface area contributed by atoms with E-state index in [1.54, 1.807) is 0 Å². The lowest BCUT2D eigenvalue weighted by molar-refractivity contribution is 0.628. The summed E-state index contributed by atoms with van der Waals surface area (Å²) in [7, 11) is 1.99. The maximum Gasteiger partial charge on any atom is 0.108 e. The number of nitrogens with one attached hydrogen (secondary N) is 1. The Bertz CT molecular complexity index is 230. The van der Waals surface area contributed by atoms with E-state index in [1.807, 2.05) is 19.4 Å². The van der Waals surface area contributed by atoms with Crippen molar-refractivity contribution in [2.45, 2.75) is 32.7 Å². The smallest absolute Gasteiger partial charge is 0.108 e. The quantitative estimate of drug-likeness (QED) is 0.673. The normalized spacial score (nSPS) is 10.6. The second kappa shape index (κ2) is 5.75. The van der Waals surface area contributed by atoms with E-state index in [2.05, 4.69) is 21.8 Å². The molecule has 0 unspecified atom stereocenters. The molecule has 0 fully saturated rings. The molecule has 0 radical (unpaired) electrons. The maximum atomic E-state index is 4.33. The number of aromatic nitrogens is 2. The Hall–Kier alpha value is -0.830. The van der Waals surface area contributed by atoms with Gasteiger partial charge < -0.3 is 9.88 Å². The molecule has 0 saturated carbocycles. The molecule has 0 bridgehead atoms. The van der Waals surface area contributed by atoms with Crippen LogP contribution in [0.5, 0.6) is 0 Å². The molecule has 0 amide bonds. The van der Waals surface area contributed by atoms with E-state index in [-0.39, 0.29) is 0 Å². The third-order valence-corrected chi connectivity index (χ3v) is 2.22. The lowest BCUT2D eigenvalue weighted by Crippen LogP contribution is -2.08. The third kappa shape index (κ3) is 3.19. The molecule has 1 N–H and O–H groups in total. The topological polar surface area (TPSA) is 29.9 Å². The number of rotatable bonds is 6. The summed E-state index contributed by atoms with van der Waals surface area (Å²) in [5.74, 6) is 1.22. The Morgan fingerprint density at radius 1 is 1.46 bits per heavy atom. The summed E-state index contributed by atoms with van der Waals surface area (Å²) < 4.78 is 2.21. The molecule has 74 valence electrons. The van der Waals surface area contributed by atoms with Crippen LogP contribution in [-0.4, -0.2) is 23.1 Å². The molecule has 1 aromatic heterocycles. The van der Waals surface area contributed by atoms with Crippen LogP contribution in [-0.2, 0) is 13.0 Å². The van der Waals surface area contributed by atoms with Gasteiger partial charge in [-0.3, -0.25) is 0 Å². The first-order chi connectivity index (χ1) is 6.38. The Morgan fingerprint density at radius 3 is 3.00 bits per heavy atom. The zero-order valence-corrected chi connectivity index (χ0v) is 8.58. The first kappa shape index (κ1) is 10.3. The van der Waals surface area contributed by atoms with E-state index >= 15 is 0 Å². The van der Waals surface area contributed by atoms with Crippen LogP contribution in [0.4, 0.5) is 0 Å². The predicted octanol–water partition coefficient (Wildman–Crippen LogP) is 1.45. The van der Waals surface area contributed by atoms with Crippen LogP contribution in [0.2, 0.25) is 0 Å². The number of nitrogens with zero attached hydrogens (tertiary/aromatic N) is 2. The molecule has 1 heterocycles. The van der Waals surface area contributed by atoms with E-state index < -0.39 is 0 Å². The molecule has 1 rings (SSSR count). The van der Waals surface area contributed by atoms with Crippen LogP contribution in [0.25, 0.3) is 0 Å². The summed E-state index contributed by atoms with van der Waals surface area (Å²) in [6.07, 6.45) is 7.48. The van der Waals surface area contributed by atoms with Crippen molar-refractivity contribution in [2.75, 3.05) is 13.6 Å². The van der Waals surface area contributed by atoms with Crippen molar-refractivity contribution in [1.29, 1.82) is 0 Å². The summed E-state index contributed by atoms with van der Waals surface area (Å²) in [5.41, 5.74) is 0. The van der Waals surface area contributed by atoms with Gasteiger partial charge in [-0.15, -0.1) is 0 Å². The van der Waals surface area contributed by atoms with E-state index in [0.29, 0.717) is 0 Å². The van der Waals surface area contributed by atoms with E-state index in [4.69, 9.17) is 0 Å². The molecule has 3 nitrogen and oxygen atoms in total. The van der Waals surface area contributed by atoms with Gasteiger partial charge in [-0.2, -0.15) is 0 Å². The Morgan fingerprint density at radius 2 is 2.31 bits per heavy atom. The highest BCUT2D eigenvalue weighted by Crippen LogP contribution is 2.02. The van der Waals surface area contributed by atoms with Crippen LogP contribution < -0.4 is 5.32 Å². The van der Waals surface area contributed by atoms with Gasteiger partial charge in [0.25, 0.3) is 0 Å². The van der Waals surface area contributed by atoms with Crippen LogP contribution in [0, 0.1) is 0 Å². The average Bonchev–Trinajstić information content (AvgIpc) is 2.60. The van der Waals surface area contributed by atoms with Crippen molar-refractivity contribution in [3.63, 3.8) is 0 Å². The Balaban J connectivity index is 2.27. The summed E-state index contributed by atoms with van der Waals surface area (Å²) in [5, 5.41) is 3.15. The molecule has 0 spiro atoms. The molecule has 0 aliphatic carbocycles. The Labute approximate surface area is 80.2 Å². The van der Waals surface area contributed by atoms with Crippen molar-refractivity contribution >= 4 is 0 Å². The van der Waals surface area contributed by atoms with Gasteiger partial charge in [0.2, 0.25) is 0 Å². The van der Waals surface area contributed by atoms with Crippen LogP contribution >= 0.6 is 0 Å². The standard InChI is InChI=1S/C10H19N3/c1-3-13-9-8-12-10(13)6-4-5-7-11-2/h8-9,11H,3-7H2,1-2H3. The van der Waals surface area contributed by atoms with E-state index in [1.165, 1.54) is 18.7 Å². The van der Waals surface area contributed by atoms with Crippen molar-refractivity contribution in [1.82, 2.24) is 14.9 Å². The average molecular weight is 181 g/mol. The third-order valence-electron chi connectivity index (χ3n) is 2.22. The molecule has 0 aliphatic heterocycles. The molecular weight excluding hydrogens is 162 g/mol. The highest BCUT2D eigenvalue weighted by Gasteiger charge is 1.99. The molecule has 0 atom stereocenters. The molecule has 0 aromatic carbocycles. The fraction of sp³-hybridized carbons (Fsp3) is 0.700. The number of hydrogen-bond acceptors (Lipinski definition) is 2. The summed E-state index contributed by atoms with van der Waals surface area (Å²) >= 11 is 0. The fourth-order valence-electron chi connectivity index (χ4n) is 1.44. The summed E-state index contributed by atoms with van der Waals surface area (Å²) in [4.78, 5) is 4.33. The molecule has 3 heteroatoms. The fourth-order valence-corrected chi connectivity index (χ4v) is 1.44. The largest absolute Gasteiger partial charge is 0.335 e. The van der Waals surface area contributed by atoms with Crippen LogP contribution in [0.3, 0.4) is 0 Å². The minimum Gasteiger partial charge on any atom is -0.335 e. The maximum absolute atomic E-state index is 4.33. The van der Waals surface area contributed by atoms with Gasteiger partial charge in [0.05, 0.1) is 0 Å². The minimum atomic E-state index is 1.03. The van der Waals surface area contributed by atoms with E-state index in [9.17, 15) is 0 Å². The van der Waals surface area contributed by atoms with Crippen molar-refractivity contribution in [3.8, 4) is 0 Å². The monoisotopic (exact) mass is 181 g/mol. The van der Waals surface area contributed by atoms with Crippen molar-refractivity contribution in [3.05, 3.63) is 18.2 Å².